The van der Waals surface area contributed by atoms with Crippen molar-refractivity contribution < 1.29 is 19.1 Å². The van der Waals surface area contributed by atoms with E-state index in [4.69, 9.17) is 0 Å². The van der Waals surface area contributed by atoms with Crippen molar-refractivity contribution in [1.82, 2.24) is 4.90 Å². The van der Waals surface area contributed by atoms with Gasteiger partial charge in [-0.3, -0.25) is 9.69 Å². The van der Waals surface area contributed by atoms with Crippen molar-refractivity contribution in [2.45, 2.75) is 11.7 Å². The Labute approximate surface area is 113 Å². The predicted octanol–water partition coefficient (Wildman–Crippen LogP) is 0.527. The van der Waals surface area contributed by atoms with Crippen LogP contribution in [0.3, 0.4) is 0 Å². The first-order chi connectivity index (χ1) is 8.97. The third-order valence-electron chi connectivity index (χ3n) is 2.58. The van der Waals surface area contributed by atoms with Gasteiger partial charge in [0.2, 0.25) is 5.91 Å². The average molecular weight is 281 g/mol. The molecule has 1 aromatic carbocycles. The highest BCUT2D eigenvalue weighted by Crippen LogP contribution is 2.27. The zero-order chi connectivity index (χ0) is 14.0. The summed E-state index contributed by atoms with van der Waals surface area (Å²) in [6, 6.07) is 5.38. The molecule has 0 radical (unpaired) electrons. The van der Waals surface area contributed by atoms with Crippen LogP contribution < -0.4 is 5.11 Å². The Morgan fingerprint density at radius 1 is 1.47 bits per heavy atom. The molecule has 0 unspecified atom stereocenters. The van der Waals surface area contributed by atoms with Crippen molar-refractivity contribution in [3.63, 3.8) is 0 Å². The van der Waals surface area contributed by atoms with E-state index in [1.165, 1.54) is 36.2 Å². The quantitative estimate of drug-likeness (QED) is 0.792. The molecule has 1 saturated heterocycles. The maximum Gasteiger partial charge on any atom is 0.229 e. The van der Waals surface area contributed by atoms with E-state index in [9.17, 15) is 19.1 Å². The lowest BCUT2D eigenvalue weighted by molar-refractivity contribution is -0.304. The molecule has 5 nitrogen and oxygen atoms in total. The lowest BCUT2D eigenvalue weighted by atomic mass is 10.3. The number of halogens is 1. The Hall–Kier alpha value is -1.89. The molecule has 0 aromatic heterocycles. The first kappa shape index (κ1) is 13.5. The van der Waals surface area contributed by atoms with Gasteiger partial charge in [0.05, 0.1) is 16.9 Å². The largest absolute Gasteiger partial charge is 0.549 e. The van der Waals surface area contributed by atoms with Gasteiger partial charge >= 0.3 is 0 Å². The summed E-state index contributed by atoms with van der Waals surface area (Å²) in [7, 11) is 1.52. The van der Waals surface area contributed by atoms with E-state index in [1.807, 2.05) is 0 Å². The van der Waals surface area contributed by atoms with Crippen LogP contribution in [-0.2, 0) is 9.59 Å². The topological polar surface area (TPSA) is 72.8 Å². The third kappa shape index (κ3) is 3.11. The van der Waals surface area contributed by atoms with Crippen molar-refractivity contribution in [2.75, 3.05) is 7.05 Å². The van der Waals surface area contributed by atoms with E-state index in [0.717, 1.165) is 11.8 Å². The fraction of sp³-hybridized carbons (Fsp3) is 0.250. The number of thioether (sulfide) groups is 1. The summed E-state index contributed by atoms with van der Waals surface area (Å²) in [6.45, 7) is 0. The maximum absolute atomic E-state index is 12.8. The number of amides is 1. The first-order valence-corrected chi connectivity index (χ1v) is 6.33. The fourth-order valence-corrected chi connectivity index (χ4v) is 2.50. The zero-order valence-electron chi connectivity index (χ0n) is 10.00. The van der Waals surface area contributed by atoms with E-state index in [-0.39, 0.29) is 17.5 Å². The van der Waals surface area contributed by atoms with Crippen LogP contribution >= 0.6 is 11.8 Å². The molecule has 7 heteroatoms. The van der Waals surface area contributed by atoms with E-state index in [1.54, 1.807) is 0 Å². The minimum absolute atomic E-state index is 0.119. The Morgan fingerprint density at radius 2 is 2.11 bits per heavy atom. The van der Waals surface area contributed by atoms with Crippen LogP contribution in [0.4, 0.5) is 10.1 Å². The number of aliphatic imine (C=N–C) groups is 1. The number of nitrogens with zero attached hydrogens (tertiary/aromatic N) is 2. The van der Waals surface area contributed by atoms with Gasteiger partial charge in [0.1, 0.15) is 5.82 Å². The van der Waals surface area contributed by atoms with Crippen LogP contribution in [0, 0.1) is 5.82 Å². The molecule has 1 amide bonds. The molecule has 0 aliphatic carbocycles. The van der Waals surface area contributed by atoms with Gasteiger partial charge in [-0.05, 0) is 24.3 Å². The van der Waals surface area contributed by atoms with E-state index in [0.29, 0.717) is 5.69 Å². The number of carboxylic acids is 1. The molecule has 19 heavy (non-hydrogen) atoms. The molecule has 1 aromatic rings. The number of hydrogen-bond acceptors (Lipinski definition) is 5. The number of carbonyl (C=O) groups excluding carboxylic acids is 2. The van der Waals surface area contributed by atoms with Gasteiger partial charge in [-0.1, -0.05) is 11.8 Å². The van der Waals surface area contributed by atoms with Gasteiger partial charge in [-0.2, -0.15) is 0 Å². The summed E-state index contributed by atoms with van der Waals surface area (Å²) < 4.78 is 12.8. The number of carbonyl (C=O) groups is 2. The first-order valence-electron chi connectivity index (χ1n) is 5.45. The van der Waals surface area contributed by atoms with E-state index >= 15 is 0 Å². The SMILES string of the molecule is CN1C(=O)C[C@H](C(=O)[O-])SC1=Nc1ccc(F)cc1. The number of carboxylic acid groups (broad SMARTS) is 1. The maximum atomic E-state index is 12.8. The molecule has 2 rings (SSSR count). The van der Waals surface area contributed by atoms with Gasteiger partial charge in [-0.25, -0.2) is 9.38 Å². The smallest absolute Gasteiger partial charge is 0.229 e. The summed E-state index contributed by atoms with van der Waals surface area (Å²) in [5.74, 6) is -2.02. The summed E-state index contributed by atoms with van der Waals surface area (Å²) in [6.07, 6.45) is -0.119. The van der Waals surface area contributed by atoms with Crippen LogP contribution in [0.25, 0.3) is 0 Å². The van der Waals surface area contributed by atoms with Gasteiger partial charge in [0, 0.05) is 13.5 Å². The molecular formula is C12H10FN2O3S-. The van der Waals surface area contributed by atoms with Crippen LogP contribution in [0.2, 0.25) is 0 Å². The molecule has 0 N–H and O–H groups in total. The Kier molecular flexibility index (Phi) is 3.84. The number of aliphatic carboxylic acids is 1. The van der Waals surface area contributed by atoms with Crippen molar-refractivity contribution in [1.29, 1.82) is 0 Å². The van der Waals surface area contributed by atoms with Crippen LogP contribution in [0.5, 0.6) is 0 Å². The van der Waals surface area contributed by atoms with Gasteiger partial charge in [0.15, 0.2) is 5.17 Å². The van der Waals surface area contributed by atoms with Gasteiger partial charge in [-0.15, -0.1) is 0 Å². The minimum atomic E-state index is -1.29. The van der Waals surface area contributed by atoms with Crippen LogP contribution in [0.1, 0.15) is 6.42 Å². The molecule has 1 fully saturated rings. The summed E-state index contributed by atoms with van der Waals surface area (Å²) >= 11 is 0.950. The summed E-state index contributed by atoms with van der Waals surface area (Å²) in [5, 5.41) is 10.2. The Bertz CT molecular complexity index is 544. The molecule has 1 aliphatic rings. The highest BCUT2D eigenvalue weighted by atomic mass is 32.2. The van der Waals surface area contributed by atoms with Crippen molar-refractivity contribution in [3.05, 3.63) is 30.1 Å². The summed E-state index contributed by atoms with van der Waals surface area (Å²) in [4.78, 5) is 27.9. The van der Waals surface area contributed by atoms with Crippen LogP contribution in [-0.4, -0.2) is 34.2 Å². The highest BCUT2D eigenvalue weighted by molar-refractivity contribution is 8.15. The van der Waals surface area contributed by atoms with Crippen molar-refractivity contribution in [2.24, 2.45) is 4.99 Å². The van der Waals surface area contributed by atoms with Crippen molar-refractivity contribution >= 4 is 34.5 Å². The minimum Gasteiger partial charge on any atom is -0.549 e. The lowest BCUT2D eigenvalue weighted by Crippen LogP contribution is -2.45. The molecule has 0 saturated carbocycles. The van der Waals surface area contributed by atoms with Crippen LogP contribution in [0.15, 0.2) is 29.3 Å². The zero-order valence-corrected chi connectivity index (χ0v) is 10.8. The predicted molar refractivity (Wildman–Crippen MR) is 67.3 cm³/mol. The molecule has 0 spiro atoms. The molecule has 1 heterocycles. The number of amidine groups is 1. The van der Waals surface area contributed by atoms with Gasteiger partial charge < -0.3 is 9.90 Å². The van der Waals surface area contributed by atoms with E-state index in [2.05, 4.69) is 4.99 Å². The number of hydrogen-bond donors (Lipinski definition) is 0. The molecule has 0 bridgehead atoms. The molecular weight excluding hydrogens is 271 g/mol. The monoisotopic (exact) mass is 281 g/mol. The van der Waals surface area contributed by atoms with E-state index < -0.39 is 17.0 Å². The lowest BCUT2D eigenvalue weighted by Gasteiger charge is -2.29. The average Bonchev–Trinajstić information content (AvgIpc) is 2.37. The van der Waals surface area contributed by atoms with Gasteiger partial charge in [0.25, 0.3) is 0 Å². The van der Waals surface area contributed by atoms with Crippen molar-refractivity contribution in [3.8, 4) is 0 Å². The normalized spacial score (nSPS) is 21.8. The highest BCUT2D eigenvalue weighted by Gasteiger charge is 2.30. The molecule has 1 aliphatic heterocycles. The second kappa shape index (κ2) is 5.40. The molecule has 100 valence electrons. The second-order valence-corrected chi connectivity index (χ2v) is 5.12. The fourth-order valence-electron chi connectivity index (χ4n) is 1.51. The molecule has 1 atom stereocenters. The number of benzene rings is 1. The Balaban J connectivity index is 2.27. The number of rotatable bonds is 2. The third-order valence-corrected chi connectivity index (χ3v) is 3.80. The Morgan fingerprint density at radius 3 is 2.68 bits per heavy atom. The summed E-state index contributed by atoms with van der Waals surface area (Å²) in [5.41, 5.74) is 0.447. The second-order valence-electron chi connectivity index (χ2n) is 3.95. The standard InChI is InChI=1S/C12H11FN2O3S/c1-15-10(16)6-9(11(17)18)19-12(15)14-8-4-2-7(13)3-5-8/h2-5,9H,6H2,1H3,(H,17,18)/p-1/t9-/m1/s1.